The van der Waals surface area contributed by atoms with Crippen molar-refractivity contribution in [3.8, 4) is 11.5 Å². The minimum Gasteiger partial charge on any atom is -0.507 e. The second-order valence-corrected chi connectivity index (χ2v) is 8.31. The monoisotopic (exact) mass is 451 g/mol. The van der Waals surface area contributed by atoms with Crippen LogP contribution in [0.25, 0.3) is 0 Å². The van der Waals surface area contributed by atoms with Crippen LogP contribution in [-0.2, 0) is 6.54 Å². The average Bonchev–Trinajstić information content (AvgIpc) is 2.82. The van der Waals surface area contributed by atoms with Gasteiger partial charge in [0, 0.05) is 44.1 Å². The Morgan fingerprint density at radius 1 is 1.06 bits per heavy atom. The van der Waals surface area contributed by atoms with Crippen LogP contribution in [0.15, 0.2) is 59.4 Å². The first-order valence-corrected chi connectivity index (χ1v) is 11.2. The third-order valence-electron chi connectivity index (χ3n) is 6.39. The summed E-state index contributed by atoms with van der Waals surface area (Å²) in [6.45, 7) is 7.09. The summed E-state index contributed by atoms with van der Waals surface area (Å²) >= 11 is 0. The smallest absolute Gasteiger partial charge is 0.259 e. The van der Waals surface area contributed by atoms with Gasteiger partial charge in [-0.25, -0.2) is 4.39 Å². The van der Waals surface area contributed by atoms with Crippen LogP contribution in [0.4, 0.5) is 10.1 Å². The fourth-order valence-electron chi connectivity index (χ4n) is 4.68. The van der Waals surface area contributed by atoms with Gasteiger partial charge in [-0.2, -0.15) is 0 Å². The van der Waals surface area contributed by atoms with Gasteiger partial charge in [0.2, 0.25) is 0 Å². The molecule has 1 aliphatic rings. The molecule has 2 aromatic carbocycles. The lowest BCUT2D eigenvalue weighted by Crippen LogP contribution is -2.49. The summed E-state index contributed by atoms with van der Waals surface area (Å²) in [6.07, 6.45) is 0. The van der Waals surface area contributed by atoms with Gasteiger partial charge in [-0.1, -0.05) is 12.1 Å². The number of methoxy groups -OCH3 is 1. The molecule has 1 saturated heterocycles. The summed E-state index contributed by atoms with van der Waals surface area (Å²) in [5, 5.41) is 10.9. The Morgan fingerprint density at radius 3 is 2.39 bits per heavy atom. The van der Waals surface area contributed by atoms with E-state index in [1.165, 1.54) is 12.1 Å². The Kier molecular flexibility index (Phi) is 6.70. The van der Waals surface area contributed by atoms with Gasteiger partial charge in [-0.15, -0.1) is 0 Å². The molecule has 1 fully saturated rings. The standard InChI is InChI=1S/C26H30FN3O3/c1-4-30-18(2)16-23(31)24(26(30)32)25(19-6-5-7-22(17-19)33-3)29-14-12-28(13-15-29)21-10-8-20(27)9-11-21/h5-11,16-17,25,31H,4,12-15H2,1-3H3. The normalized spacial score (nSPS) is 15.5. The number of anilines is 1. The van der Waals surface area contributed by atoms with E-state index in [9.17, 15) is 14.3 Å². The van der Waals surface area contributed by atoms with E-state index in [1.807, 2.05) is 38.1 Å². The van der Waals surface area contributed by atoms with Crippen LogP contribution in [0.2, 0.25) is 0 Å². The molecule has 1 N–H and O–H groups in total. The number of nitrogens with zero attached hydrogens (tertiary/aromatic N) is 3. The first-order valence-electron chi connectivity index (χ1n) is 11.2. The first kappa shape index (κ1) is 22.9. The van der Waals surface area contributed by atoms with Gasteiger partial charge in [0.25, 0.3) is 5.56 Å². The van der Waals surface area contributed by atoms with Crippen molar-refractivity contribution in [2.45, 2.75) is 26.4 Å². The third kappa shape index (κ3) is 4.59. The average molecular weight is 452 g/mol. The summed E-state index contributed by atoms with van der Waals surface area (Å²) in [7, 11) is 1.61. The maximum atomic E-state index is 13.5. The van der Waals surface area contributed by atoms with Gasteiger partial charge in [0.05, 0.1) is 18.7 Å². The van der Waals surface area contributed by atoms with Crippen LogP contribution in [0, 0.1) is 12.7 Å². The first-order chi connectivity index (χ1) is 15.9. The van der Waals surface area contributed by atoms with Gasteiger partial charge < -0.3 is 19.3 Å². The van der Waals surface area contributed by atoms with Crippen LogP contribution in [0.1, 0.15) is 29.8 Å². The number of benzene rings is 2. The van der Waals surface area contributed by atoms with Crippen molar-refractivity contribution in [2.75, 3.05) is 38.2 Å². The highest BCUT2D eigenvalue weighted by Gasteiger charge is 2.31. The van der Waals surface area contributed by atoms with Crippen LogP contribution in [0.3, 0.4) is 0 Å². The number of pyridine rings is 1. The molecular formula is C26H30FN3O3. The summed E-state index contributed by atoms with van der Waals surface area (Å²) in [5.41, 5.74) is 2.80. The molecule has 0 amide bonds. The maximum absolute atomic E-state index is 13.5. The fraction of sp³-hybridized carbons (Fsp3) is 0.346. The molecule has 1 aliphatic heterocycles. The van der Waals surface area contributed by atoms with E-state index < -0.39 is 6.04 Å². The molecule has 0 saturated carbocycles. The van der Waals surface area contributed by atoms with Crippen molar-refractivity contribution < 1.29 is 14.2 Å². The number of halogens is 1. The van der Waals surface area contributed by atoms with Gasteiger partial charge in [0.1, 0.15) is 17.3 Å². The lowest BCUT2D eigenvalue weighted by Gasteiger charge is -2.40. The zero-order valence-corrected chi connectivity index (χ0v) is 19.3. The molecule has 1 atom stereocenters. The molecule has 0 radical (unpaired) electrons. The number of rotatable bonds is 6. The van der Waals surface area contributed by atoms with Crippen LogP contribution >= 0.6 is 0 Å². The molecule has 33 heavy (non-hydrogen) atoms. The summed E-state index contributed by atoms with van der Waals surface area (Å²) in [5.74, 6) is 0.457. The number of aryl methyl sites for hydroxylation is 1. The van der Waals surface area contributed by atoms with Crippen molar-refractivity contribution in [1.82, 2.24) is 9.47 Å². The van der Waals surface area contributed by atoms with Crippen molar-refractivity contribution in [3.63, 3.8) is 0 Å². The van der Waals surface area contributed by atoms with Crippen molar-refractivity contribution >= 4 is 5.69 Å². The van der Waals surface area contributed by atoms with Crippen LogP contribution < -0.4 is 15.2 Å². The highest BCUT2D eigenvalue weighted by molar-refractivity contribution is 5.47. The lowest BCUT2D eigenvalue weighted by molar-refractivity contribution is 0.207. The quantitative estimate of drug-likeness (QED) is 0.615. The van der Waals surface area contributed by atoms with Crippen molar-refractivity contribution in [1.29, 1.82) is 0 Å². The highest BCUT2D eigenvalue weighted by atomic mass is 19.1. The molecule has 1 unspecified atom stereocenters. The highest BCUT2D eigenvalue weighted by Crippen LogP contribution is 2.35. The summed E-state index contributed by atoms with van der Waals surface area (Å²) in [4.78, 5) is 17.9. The van der Waals surface area contributed by atoms with E-state index in [0.717, 1.165) is 30.0 Å². The third-order valence-corrected chi connectivity index (χ3v) is 6.39. The Labute approximate surface area is 193 Å². The van der Waals surface area contributed by atoms with E-state index >= 15 is 0 Å². The largest absolute Gasteiger partial charge is 0.507 e. The number of hydrogen-bond acceptors (Lipinski definition) is 5. The molecule has 1 aromatic heterocycles. The predicted molar refractivity (Wildman–Crippen MR) is 128 cm³/mol. The van der Waals surface area contributed by atoms with Gasteiger partial charge >= 0.3 is 0 Å². The lowest BCUT2D eigenvalue weighted by atomic mass is 9.95. The Hall–Kier alpha value is -3.32. The second-order valence-electron chi connectivity index (χ2n) is 8.31. The topological polar surface area (TPSA) is 57.9 Å². The molecule has 174 valence electrons. The molecule has 0 bridgehead atoms. The number of ether oxygens (including phenoxy) is 1. The molecule has 7 heteroatoms. The zero-order chi connectivity index (χ0) is 23.5. The molecule has 4 rings (SSSR count). The van der Waals surface area contributed by atoms with E-state index in [0.29, 0.717) is 30.9 Å². The molecule has 3 aromatic rings. The second kappa shape index (κ2) is 9.67. The van der Waals surface area contributed by atoms with Crippen LogP contribution in [-0.4, -0.2) is 47.9 Å². The summed E-state index contributed by atoms with van der Waals surface area (Å²) < 4.78 is 20.5. The molecular weight excluding hydrogens is 421 g/mol. The van der Waals surface area contributed by atoms with Gasteiger partial charge in [0.15, 0.2) is 0 Å². The minimum absolute atomic E-state index is 0.0102. The number of aromatic nitrogens is 1. The Morgan fingerprint density at radius 2 is 1.76 bits per heavy atom. The van der Waals surface area contributed by atoms with Gasteiger partial charge in [-0.05, 0) is 61.9 Å². The number of piperazine rings is 1. The molecule has 6 nitrogen and oxygen atoms in total. The SMILES string of the molecule is CCn1c(C)cc(O)c(C(c2cccc(OC)c2)N2CCN(c3ccc(F)cc3)CC2)c1=O. The number of aromatic hydroxyl groups is 1. The minimum atomic E-state index is -0.415. The maximum Gasteiger partial charge on any atom is 0.259 e. The van der Waals surface area contributed by atoms with E-state index in [2.05, 4.69) is 9.80 Å². The summed E-state index contributed by atoms with van der Waals surface area (Å²) in [6, 6.07) is 15.4. The Balaban J connectivity index is 1.72. The molecule has 0 aliphatic carbocycles. The van der Waals surface area contributed by atoms with Crippen molar-refractivity contribution in [3.05, 3.63) is 87.6 Å². The van der Waals surface area contributed by atoms with Gasteiger partial charge in [-0.3, -0.25) is 9.69 Å². The van der Waals surface area contributed by atoms with E-state index in [4.69, 9.17) is 4.74 Å². The predicted octanol–water partition coefficient (Wildman–Crippen LogP) is 3.94. The number of hydrogen-bond donors (Lipinski definition) is 1. The molecule has 0 spiro atoms. The van der Waals surface area contributed by atoms with E-state index in [1.54, 1.807) is 29.9 Å². The van der Waals surface area contributed by atoms with Crippen molar-refractivity contribution in [2.24, 2.45) is 0 Å². The zero-order valence-electron chi connectivity index (χ0n) is 19.3. The van der Waals surface area contributed by atoms with E-state index in [-0.39, 0.29) is 17.1 Å². The Bertz CT molecular complexity index is 1170. The van der Waals surface area contributed by atoms with Crippen LogP contribution in [0.5, 0.6) is 11.5 Å². The molecule has 2 heterocycles. The fourth-order valence-corrected chi connectivity index (χ4v) is 4.68.